The van der Waals surface area contributed by atoms with Gasteiger partial charge >= 0.3 is 6.03 Å². The molecule has 0 aliphatic rings. The fraction of sp³-hybridized carbons (Fsp3) is 0.474. The Morgan fingerprint density at radius 2 is 2.07 bits per heavy atom. The first kappa shape index (κ1) is 22.2. The van der Waals surface area contributed by atoms with Crippen LogP contribution in [0, 0.1) is 19.8 Å². The third-order valence-electron chi connectivity index (χ3n) is 4.16. The van der Waals surface area contributed by atoms with Crippen LogP contribution in [0.4, 0.5) is 4.79 Å². The molecule has 0 radical (unpaired) electrons. The molecule has 0 saturated heterocycles. The van der Waals surface area contributed by atoms with E-state index >= 15 is 0 Å². The third kappa shape index (κ3) is 5.45. The Labute approximate surface area is 172 Å². The average molecular weight is 423 g/mol. The molecule has 2 aromatic rings. The molecule has 9 heteroatoms. The van der Waals surface area contributed by atoms with Crippen LogP contribution < -0.4 is 16.2 Å². The van der Waals surface area contributed by atoms with Gasteiger partial charge in [0, 0.05) is 18.0 Å². The number of aryl methyl sites for hydroxylation is 2. The van der Waals surface area contributed by atoms with E-state index in [-0.39, 0.29) is 11.3 Å². The van der Waals surface area contributed by atoms with Gasteiger partial charge in [0.25, 0.3) is 5.56 Å². The number of aromatic nitrogens is 2. The van der Waals surface area contributed by atoms with Crippen LogP contribution in [0.15, 0.2) is 22.6 Å². The van der Waals surface area contributed by atoms with Gasteiger partial charge in [-0.2, -0.15) is 0 Å². The van der Waals surface area contributed by atoms with Crippen molar-refractivity contribution in [2.24, 2.45) is 5.92 Å². The smallest absolute Gasteiger partial charge is 0.321 e. The molecule has 2 rings (SSSR count). The highest BCUT2D eigenvalue weighted by molar-refractivity contribution is 7.99. The van der Waals surface area contributed by atoms with Gasteiger partial charge in [0.1, 0.15) is 4.83 Å². The van der Waals surface area contributed by atoms with Crippen LogP contribution >= 0.6 is 23.1 Å². The third-order valence-corrected chi connectivity index (χ3v) is 6.24. The summed E-state index contributed by atoms with van der Waals surface area (Å²) in [6.07, 6.45) is 2.46. The van der Waals surface area contributed by atoms with Gasteiger partial charge in [-0.15, -0.1) is 17.9 Å². The Kier molecular flexibility index (Phi) is 7.82. The maximum absolute atomic E-state index is 12.9. The molecule has 0 unspecified atom stereocenters. The lowest BCUT2D eigenvalue weighted by Gasteiger charge is -2.11. The maximum atomic E-state index is 12.9. The summed E-state index contributed by atoms with van der Waals surface area (Å²) in [7, 11) is 0. The summed E-state index contributed by atoms with van der Waals surface area (Å²) in [6, 6.07) is -0.511. The summed E-state index contributed by atoms with van der Waals surface area (Å²) in [5, 5.41) is 6.00. The van der Waals surface area contributed by atoms with E-state index in [2.05, 4.69) is 36.0 Å². The lowest BCUT2D eigenvalue weighted by atomic mass is 10.1. The minimum atomic E-state index is -0.511. The van der Waals surface area contributed by atoms with Crippen molar-refractivity contribution in [3.63, 3.8) is 0 Å². The number of allylic oxidation sites excluding steroid dienone is 1. The van der Waals surface area contributed by atoms with E-state index in [0.29, 0.717) is 34.4 Å². The molecule has 28 heavy (non-hydrogen) atoms. The Bertz CT molecular complexity index is 947. The standard InChI is InChI=1S/C19H26N4O3S2/c1-6-9-23-17(25)15-12(4)13(5)28-16(15)22-19(23)27-10-14(24)21-18(26)20-8-7-11(2)3/h6,11H,1,7-10H2,2-5H3,(H2,20,21,24,26). The molecule has 0 atom stereocenters. The van der Waals surface area contributed by atoms with Crippen LogP contribution in [0.1, 0.15) is 30.7 Å². The van der Waals surface area contributed by atoms with Gasteiger partial charge < -0.3 is 5.32 Å². The molecule has 0 aliphatic carbocycles. The summed E-state index contributed by atoms with van der Waals surface area (Å²) in [5.74, 6) is 0.0134. The summed E-state index contributed by atoms with van der Waals surface area (Å²) in [6.45, 7) is 12.5. The van der Waals surface area contributed by atoms with E-state index in [9.17, 15) is 14.4 Å². The molecule has 2 aromatic heterocycles. The average Bonchev–Trinajstić information content (AvgIpc) is 2.90. The highest BCUT2D eigenvalue weighted by Crippen LogP contribution is 2.28. The number of thioether (sulfide) groups is 1. The molecule has 7 nitrogen and oxygen atoms in total. The van der Waals surface area contributed by atoms with E-state index in [1.165, 1.54) is 15.9 Å². The Hall–Kier alpha value is -2.13. The second-order valence-electron chi connectivity index (χ2n) is 6.84. The zero-order valence-electron chi connectivity index (χ0n) is 16.6. The number of imide groups is 1. The first-order valence-electron chi connectivity index (χ1n) is 9.06. The zero-order valence-corrected chi connectivity index (χ0v) is 18.3. The summed E-state index contributed by atoms with van der Waals surface area (Å²) < 4.78 is 1.51. The predicted octanol–water partition coefficient (Wildman–Crippen LogP) is 3.22. The molecule has 0 aliphatic heterocycles. The molecular weight excluding hydrogens is 396 g/mol. The Morgan fingerprint density at radius 1 is 1.36 bits per heavy atom. The fourth-order valence-corrected chi connectivity index (χ4v) is 4.40. The number of nitrogens with one attached hydrogen (secondary N) is 2. The zero-order chi connectivity index (χ0) is 20.8. The summed E-state index contributed by atoms with van der Waals surface area (Å²) in [4.78, 5) is 43.0. The number of thiophene rings is 1. The molecule has 0 bridgehead atoms. The number of urea groups is 1. The van der Waals surface area contributed by atoms with E-state index in [0.717, 1.165) is 28.6 Å². The number of rotatable bonds is 8. The number of carbonyl (C=O) groups is 2. The largest absolute Gasteiger partial charge is 0.338 e. The van der Waals surface area contributed by atoms with Gasteiger partial charge in [-0.3, -0.25) is 19.5 Å². The Morgan fingerprint density at radius 3 is 2.71 bits per heavy atom. The van der Waals surface area contributed by atoms with E-state index < -0.39 is 11.9 Å². The van der Waals surface area contributed by atoms with Crippen molar-refractivity contribution in [3.05, 3.63) is 33.4 Å². The molecule has 152 valence electrons. The highest BCUT2D eigenvalue weighted by atomic mass is 32.2. The summed E-state index contributed by atoms with van der Waals surface area (Å²) >= 11 is 2.59. The number of fused-ring (bicyclic) bond motifs is 1. The minimum absolute atomic E-state index is 0.0178. The Balaban J connectivity index is 2.10. The maximum Gasteiger partial charge on any atom is 0.321 e. The number of hydrogen-bond donors (Lipinski definition) is 2. The van der Waals surface area contributed by atoms with Crippen molar-refractivity contribution in [1.82, 2.24) is 20.2 Å². The quantitative estimate of drug-likeness (QED) is 0.387. The lowest BCUT2D eigenvalue weighted by molar-refractivity contribution is -0.117. The van der Waals surface area contributed by atoms with E-state index in [4.69, 9.17) is 0 Å². The SMILES string of the molecule is C=CCn1c(SCC(=O)NC(=O)NCCC(C)C)nc2sc(C)c(C)c2c1=O. The summed E-state index contributed by atoms with van der Waals surface area (Å²) in [5.41, 5.74) is 0.795. The molecule has 3 amide bonds. The fourth-order valence-electron chi connectivity index (χ4n) is 2.52. The van der Waals surface area contributed by atoms with Gasteiger partial charge in [-0.05, 0) is 31.7 Å². The van der Waals surface area contributed by atoms with Gasteiger partial charge in [0.15, 0.2) is 5.16 Å². The normalized spacial score (nSPS) is 11.0. The number of hydrogen-bond acceptors (Lipinski definition) is 6. The molecule has 0 spiro atoms. The van der Waals surface area contributed by atoms with E-state index in [1.807, 2.05) is 13.8 Å². The molecule has 0 fully saturated rings. The van der Waals surface area contributed by atoms with Crippen LogP contribution in [0.2, 0.25) is 0 Å². The van der Waals surface area contributed by atoms with E-state index in [1.54, 1.807) is 6.08 Å². The van der Waals surface area contributed by atoms with Crippen molar-refractivity contribution < 1.29 is 9.59 Å². The highest BCUT2D eigenvalue weighted by Gasteiger charge is 2.17. The number of carbonyl (C=O) groups excluding carboxylic acids is 2. The van der Waals surface area contributed by atoms with Gasteiger partial charge in [0.2, 0.25) is 5.91 Å². The van der Waals surface area contributed by atoms with Crippen LogP contribution in [0.25, 0.3) is 10.2 Å². The van der Waals surface area contributed by atoms with Crippen molar-refractivity contribution >= 4 is 45.3 Å². The van der Waals surface area contributed by atoms with Crippen LogP contribution in [-0.2, 0) is 11.3 Å². The predicted molar refractivity (Wildman–Crippen MR) is 115 cm³/mol. The van der Waals surface area contributed by atoms with Gasteiger partial charge in [-0.25, -0.2) is 9.78 Å². The molecule has 2 heterocycles. The molecular formula is C19H26N4O3S2. The minimum Gasteiger partial charge on any atom is -0.338 e. The molecule has 2 N–H and O–H groups in total. The second kappa shape index (κ2) is 9.88. The van der Waals surface area contributed by atoms with Crippen molar-refractivity contribution in [1.29, 1.82) is 0 Å². The lowest BCUT2D eigenvalue weighted by Crippen LogP contribution is -2.41. The van der Waals surface area contributed by atoms with Crippen LogP contribution in [0.5, 0.6) is 0 Å². The first-order valence-corrected chi connectivity index (χ1v) is 10.9. The van der Waals surface area contributed by atoms with Crippen LogP contribution in [0.3, 0.4) is 0 Å². The van der Waals surface area contributed by atoms with Crippen molar-refractivity contribution in [2.75, 3.05) is 12.3 Å². The second-order valence-corrected chi connectivity index (χ2v) is 8.98. The van der Waals surface area contributed by atoms with Gasteiger partial charge in [-0.1, -0.05) is 31.7 Å². The number of amides is 3. The molecule has 0 aromatic carbocycles. The topological polar surface area (TPSA) is 93.1 Å². The van der Waals surface area contributed by atoms with Crippen molar-refractivity contribution in [2.45, 2.75) is 45.8 Å². The van der Waals surface area contributed by atoms with Crippen LogP contribution in [-0.4, -0.2) is 33.8 Å². The van der Waals surface area contributed by atoms with Crippen molar-refractivity contribution in [3.8, 4) is 0 Å². The number of nitrogens with zero attached hydrogens (tertiary/aromatic N) is 2. The van der Waals surface area contributed by atoms with Gasteiger partial charge in [0.05, 0.1) is 11.1 Å². The molecule has 0 saturated carbocycles. The monoisotopic (exact) mass is 422 g/mol. The first-order chi connectivity index (χ1) is 13.2.